The maximum Gasteiger partial charge on any atom is 0.171 e. The molecule has 86 valence electrons. The van der Waals surface area contributed by atoms with Crippen LogP contribution in [-0.2, 0) is 0 Å². The summed E-state index contributed by atoms with van der Waals surface area (Å²) in [6.07, 6.45) is 1.73. The Morgan fingerprint density at radius 3 is 3.00 bits per heavy atom. The smallest absolute Gasteiger partial charge is 0.171 e. The monoisotopic (exact) mass is 269 g/mol. The highest BCUT2D eigenvalue weighted by Gasteiger charge is 1.92. The van der Waals surface area contributed by atoms with Gasteiger partial charge in [-0.25, -0.2) is 15.0 Å². The Balaban J connectivity index is 0.000000111. The average molecular weight is 269 g/mol. The highest BCUT2D eigenvalue weighted by molar-refractivity contribution is 7.16. The standard InChI is InChI=1S/C7H4NS.C6H3N2S/c1-2-4-7-6(3-1)8-5-9-7;1-2-5-6(7-3-1)8-4-9-5/h1-3,5H;1-3H. The first-order valence-electron chi connectivity index (χ1n) is 5.21. The van der Waals surface area contributed by atoms with E-state index in [4.69, 9.17) is 0 Å². The maximum atomic E-state index is 4.11. The van der Waals surface area contributed by atoms with E-state index in [2.05, 4.69) is 26.5 Å². The molecule has 0 saturated carbocycles. The van der Waals surface area contributed by atoms with Crippen LogP contribution in [-0.4, -0.2) is 15.0 Å². The number of aromatic nitrogens is 3. The first-order chi connectivity index (χ1) is 8.93. The molecule has 0 unspecified atom stereocenters. The molecule has 0 bridgehead atoms. The van der Waals surface area contributed by atoms with Crippen LogP contribution >= 0.6 is 22.7 Å². The number of hydrogen-bond acceptors (Lipinski definition) is 5. The van der Waals surface area contributed by atoms with Crippen LogP contribution in [0.1, 0.15) is 0 Å². The van der Waals surface area contributed by atoms with Gasteiger partial charge in [0.1, 0.15) is 0 Å². The second-order valence-corrected chi connectivity index (χ2v) is 5.05. The SMILES string of the molecule is [c]1cccc2ncsc12.[c]1nc2ncccc2s1. The molecule has 0 amide bonds. The zero-order valence-corrected chi connectivity index (χ0v) is 10.8. The van der Waals surface area contributed by atoms with Crippen molar-refractivity contribution in [1.29, 1.82) is 0 Å². The van der Waals surface area contributed by atoms with Crippen LogP contribution in [0.5, 0.6) is 0 Å². The number of fused-ring (bicyclic) bond motifs is 2. The van der Waals surface area contributed by atoms with Crippen molar-refractivity contribution in [3.05, 3.63) is 53.6 Å². The molecular formula is C13H7N3S2. The van der Waals surface area contributed by atoms with Gasteiger partial charge in [-0.05, 0) is 18.2 Å². The topological polar surface area (TPSA) is 38.7 Å². The Bertz CT molecular complexity index is 634. The number of nitrogens with zero attached hydrogens (tertiary/aromatic N) is 3. The lowest BCUT2D eigenvalue weighted by Gasteiger charge is -1.79. The molecule has 0 saturated heterocycles. The van der Waals surface area contributed by atoms with E-state index in [0.717, 1.165) is 20.6 Å². The lowest BCUT2D eigenvalue weighted by molar-refractivity contribution is 1.32. The normalized spacial score (nSPS) is 10.2. The fraction of sp³-hybridized carbons (Fsp3) is 0. The molecule has 4 rings (SSSR count). The second-order valence-electron chi connectivity index (χ2n) is 3.37. The van der Waals surface area contributed by atoms with E-state index in [1.54, 1.807) is 17.5 Å². The van der Waals surface area contributed by atoms with Gasteiger partial charge in [0.2, 0.25) is 0 Å². The number of benzene rings is 1. The third-order valence-corrected chi connectivity index (χ3v) is 3.71. The molecule has 3 nitrogen and oxygen atoms in total. The predicted octanol–water partition coefficient (Wildman–Crippen LogP) is 3.59. The van der Waals surface area contributed by atoms with E-state index in [1.165, 1.54) is 11.3 Å². The molecule has 2 radical (unpaired) electrons. The van der Waals surface area contributed by atoms with Crippen LogP contribution in [0.2, 0.25) is 0 Å². The van der Waals surface area contributed by atoms with E-state index in [9.17, 15) is 0 Å². The Morgan fingerprint density at radius 2 is 2.11 bits per heavy atom. The molecule has 4 aromatic rings. The van der Waals surface area contributed by atoms with Gasteiger partial charge in [0, 0.05) is 12.3 Å². The van der Waals surface area contributed by atoms with Crippen molar-refractivity contribution in [3.63, 3.8) is 0 Å². The van der Waals surface area contributed by atoms with Crippen LogP contribution < -0.4 is 0 Å². The van der Waals surface area contributed by atoms with Crippen LogP contribution in [0, 0.1) is 11.6 Å². The molecular weight excluding hydrogens is 262 g/mol. The molecule has 3 aromatic heterocycles. The summed E-state index contributed by atoms with van der Waals surface area (Å²) in [4.78, 5) is 12.0. The first kappa shape index (κ1) is 11.3. The van der Waals surface area contributed by atoms with Gasteiger partial charge in [-0.15, -0.1) is 22.7 Å². The minimum atomic E-state index is 0.794. The van der Waals surface area contributed by atoms with Gasteiger partial charge >= 0.3 is 0 Å². The molecule has 18 heavy (non-hydrogen) atoms. The van der Waals surface area contributed by atoms with Gasteiger partial charge in [0.15, 0.2) is 11.2 Å². The number of thiazole rings is 2. The molecule has 0 atom stereocenters. The van der Waals surface area contributed by atoms with Gasteiger partial charge in [-0.3, -0.25) is 0 Å². The van der Waals surface area contributed by atoms with Crippen molar-refractivity contribution in [1.82, 2.24) is 15.0 Å². The third kappa shape index (κ3) is 2.37. The second kappa shape index (κ2) is 5.20. The Morgan fingerprint density at radius 1 is 1.11 bits per heavy atom. The summed E-state index contributed by atoms with van der Waals surface area (Å²) in [5, 5.41) is 0. The minimum Gasteiger partial charge on any atom is -0.245 e. The lowest BCUT2D eigenvalue weighted by Crippen LogP contribution is -1.70. The summed E-state index contributed by atoms with van der Waals surface area (Å²) in [7, 11) is 0. The van der Waals surface area contributed by atoms with E-state index >= 15 is 0 Å². The highest BCUT2D eigenvalue weighted by Crippen LogP contribution is 2.14. The molecule has 0 spiro atoms. The van der Waals surface area contributed by atoms with Crippen LogP contribution in [0.4, 0.5) is 0 Å². The summed E-state index contributed by atoms with van der Waals surface area (Å²) >= 11 is 3.11. The predicted molar refractivity (Wildman–Crippen MR) is 74.7 cm³/mol. The van der Waals surface area contributed by atoms with E-state index in [-0.39, 0.29) is 0 Å². The summed E-state index contributed by atoms with van der Waals surface area (Å²) < 4.78 is 2.23. The van der Waals surface area contributed by atoms with Gasteiger partial charge in [0.05, 0.1) is 20.4 Å². The maximum absolute atomic E-state index is 4.11. The van der Waals surface area contributed by atoms with Crippen molar-refractivity contribution < 1.29 is 0 Å². The molecule has 0 N–H and O–H groups in total. The fourth-order valence-corrected chi connectivity index (χ4v) is 2.62. The van der Waals surface area contributed by atoms with Gasteiger partial charge in [-0.1, -0.05) is 12.1 Å². The average Bonchev–Trinajstić information content (AvgIpc) is 3.08. The molecule has 0 aliphatic rings. The van der Waals surface area contributed by atoms with Crippen molar-refractivity contribution in [3.8, 4) is 0 Å². The summed E-state index contributed by atoms with van der Waals surface area (Å²) in [6, 6.07) is 12.8. The molecule has 0 fully saturated rings. The number of rotatable bonds is 0. The lowest BCUT2D eigenvalue weighted by atomic mass is 10.3. The van der Waals surface area contributed by atoms with Crippen molar-refractivity contribution >= 4 is 43.2 Å². The van der Waals surface area contributed by atoms with Crippen LogP contribution in [0.25, 0.3) is 20.6 Å². The van der Waals surface area contributed by atoms with E-state index in [0.29, 0.717) is 0 Å². The fourth-order valence-electron chi connectivity index (χ4n) is 1.41. The Labute approximate surface area is 112 Å². The Hall–Kier alpha value is -1.85. The van der Waals surface area contributed by atoms with Crippen molar-refractivity contribution in [2.45, 2.75) is 0 Å². The number of hydrogen-bond donors (Lipinski definition) is 0. The van der Waals surface area contributed by atoms with Crippen LogP contribution in [0.3, 0.4) is 0 Å². The molecule has 3 heterocycles. The Kier molecular flexibility index (Phi) is 3.25. The quantitative estimate of drug-likeness (QED) is 0.489. The van der Waals surface area contributed by atoms with E-state index < -0.39 is 0 Å². The largest absolute Gasteiger partial charge is 0.245 e. The highest BCUT2D eigenvalue weighted by atomic mass is 32.1. The van der Waals surface area contributed by atoms with Gasteiger partial charge in [-0.2, -0.15) is 0 Å². The van der Waals surface area contributed by atoms with E-state index in [1.807, 2.05) is 35.8 Å². The molecule has 1 aromatic carbocycles. The first-order valence-corrected chi connectivity index (χ1v) is 6.90. The summed E-state index contributed by atoms with van der Waals surface area (Å²) in [5.74, 6) is 0. The molecule has 0 aliphatic carbocycles. The third-order valence-electron chi connectivity index (χ3n) is 2.22. The number of pyridine rings is 1. The van der Waals surface area contributed by atoms with Gasteiger partial charge < -0.3 is 0 Å². The summed E-state index contributed by atoms with van der Waals surface area (Å²) in [5.41, 5.74) is 6.44. The minimum absolute atomic E-state index is 0.794. The van der Waals surface area contributed by atoms with Crippen LogP contribution in [0.15, 0.2) is 42.0 Å². The zero-order valence-electron chi connectivity index (χ0n) is 9.20. The zero-order chi connectivity index (χ0) is 12.2. The molecule has 5 heteroatoms. The van der Waals surface area contributed by atoms with Gasteiger partial charge in [0.25, 0.3) is 0 Å². The molecule has 0 aliphatic heterocycles. The van der Waals surface area contributed by atoms with Crippen molar-refractivity contribution in [2.75, 3.05) is 0 Å². The van der Waals surface area contributed by atoms with Crippen molar-refractivity contribution in [2.24, 2.45) is 0 Å². The summed E-state index contributed by atoms with van der Waals surface area (Å²) in [6.45, 7) is 0.